The van der Waals surface area contributed by atoms with Gasteiger partial charge in [0.2, 0.25) is 0 Å². The Kier molecular flexibility index (Phi) is 4.87. The zero-order valence-electron chi connectivity index (χ0n) is 14.8. The zero-order valence-corrected chi connectivity index (χ0v) is 16.3. The molecule has 0 aliphatic heterocycles. The fraction of sp³-hybridized carbons (Fsp3) is 0.190. The van der Waals surface area contributed by atoms with Crippen molar-refractivity contribution in [2.45, 2.75) is 26.2 Å². The van der Waals surface area contributed by atoms with E-state index in [4.69, 9.17) is 23.2 Å². The fourth-order valence-electron chi connectivity index (χ4n) is 3.03. The van der Waals surface area contributed by atoms with Gasteiger partial charge in [0.05, 0.1) is 22.0 Å². The van der Waals surface area contributed by atoms with Crippen LogP contribution in [0.25, 0.3) is 16.8 Å². The van der Waals surface area contributed by atoms with Gasteiger partial charge in [0.25, 0.3) is 5.56 Å². The second kappa shape index (κ2) is 6.82. The molecule has 0 amide bonds. The molecule has 1 N–H and O–H groups in total. The van der Waals surface area contributed by atoms with E-state index in [0.717, 1.165) is 0 Å². The third kappa shape index (κ3) is 3.13. The van der Waals surface area contributed by atoms with E-state index in [2.05, 4.69) is 0 Å². The van der Waals surface area contributed by atoms with E-state index in [1.54, 1.807) is 42.5 Å². The highest BCUT2D eigenvalue weighted by atomic mass is 35.5. The number of rotatable bonds is 2. The fourth-order valence-corrected chi connectivity index (χ4v) is 3.71. The third-order valence-electron chi connectivity index (χ3n) is 4.16. The van der Waals surface area contributed by atoms with Crippen LogP contribution in [0.3, 0.4) is 0 Å². The Balaban J connectivity index is 2.51. The smallest absolute Gasteiger partial charge is 0.267 e. The Morgan fingerprint density at radius 3 is 2.08 bits per heavy atom. The first-order valence-electron chi connectivity index (χ1n) is 8.21. The van der Waals surface area contributed by atoms with Crippen molar-refractivity contribution < 1.29 is 5.11 Å². The van der Waals surface area contributed by atoms with Crippen LogP contribution in [0.5, 0.6) is 5.75 Å². The molecule has 26 heavy (non-hydrogen) atoms. The van der Waals surface area contributed by atoms with Gasteiger partial charge in [-0.05, 0) is 17.7 Å². The Morgan fingerprint density at radius 1 is 0.923 bits per heavy atom. The zero-order chi connectivity index (χ0) is 19.1. The summed E-state index contributed by atoms with van der Waals surface area (Å²) in [5.74, 6) is -0.212. The molecular formula is C21H19Cl2NO2. The molecule has 0 saturated carbocycles. The van der Waals surface area contributed by atoms with Crippen molar-refractivity contribution in [1.29, 1.82) is 0 Å². The largest absolute Gasteiger partial charge is 0.505 e. The standard InChI is InChI=1S/C21H19Cl2NO2/c1-21(2,3)19-17(23)18(25)16(13-9-5-4-6-10-13)20(26)24(19)15-12-8-7-11-14(15)22/h4-12,25H,1-3H3. The quantitative estimate of drug-likeness (QED) is 0.602. The molecule has 3 aromatic rings. The predicted octanol–water partition coefficient (Wildman–Crippen LogP) is 5.81. The van der Waals surface area contributed by atoms with Crippen LogP contribution in [0.15, 0.2) is 59.4 Å². The van der Waals surface area contributed by atoms with E-state index in [9.17, 15) is 9.90 Å². The number of aromatic nitrogens is 1. The van der Waals surface area contributed by atoms with Gasteiger partial charge in [-0.1, -0.05) is 86.4 Å². The summed E-state index contributed by atoms with van der Waals surface area (Å²) >= 11 is 12.9. The molecular weight excluding hydrogens is 369 g/mol. The molecule has 3 nitrogen and oxygen atoms in total. The van der Waals surface area contributed by atoms with Gasteiger partial charge >= 0.3 is 0 Å². The Morgan fingerprint density at radius 2 is 1.50 bits per heavy atom. The van der Waals surface area contributed by atoms with Crippen molar-refractivity contribution in [2.75, 3.05) is 0 Å². The summed E-state index contributed by atoms with van der Waals surface area (Å²) in [7, 11) is 0. The maximum atomic E-state index is 13.4. The number of hydrogen-bond donors (Lipinski definition) is 1. The Bertz CT molecular complexity index is 1020. The van der Waals surface area contributed by atoms with E-state index in [-0.39, 0.29) is 21.9 Å². The van der Waals surface area contributed by atoms with Gasteiger partial charge < -0.3 is 5.11 Å². The van der Waals surface area contributed by atoms with Crippen molar-refractivity contribution >= 4 is 23.2 Å². The molecule has 5 heteroatoms. The molecule has 134 valence electrons. The average Bonchev–Trinajstić information content (AvgIpc) is 2.59. The minimum atomic E-state index is -0.498. The first-order chi connectivity index (χ1) is 12.2. The highest BCUT2D eigenvalue weighted by Crippen LogP contribution is 2.41. The summed E-state index contributed by atoms with van der Waals surface area (Å²) in [6.07, 6.45) is 0. The molecule has 0 spiro atoms. The average molecular weight is 388 g/mol. The second-order valence-electron chi connectivity index (χ2n) is 7.09. The number of hydrogen-bond acceptors (Lipinski definition) is 2. The monoisotopic (exact) mass is 387 g/mol. The maximum Gasteiger partial charge on any atom is 0.267 e. The molecule has 0 atom stereocenters. The van der Waals surface area contributed by atoms with Crippen LogP contribution >= 0.6 is 23.2 Å². The minimum absolute atomic E-state index is 0.149. The molecule has 0 saturated heterocycles. The van der Waals surface area contributed by atoms with Gasteiger partial charge in [0.15, 0.2) is 0 Å². The SMILES string of the molecule is CC(C)(C)c1c(Cl)c(O)c(-c2ccccc2)c(=O)n1-c1ccccc1Cl. The lowest BCUT2D eigenvalue weighted by molar-refractivity contribution is 0.466. The number of aromatic hydroxyl groups is 1. The van der Waals surface area contributed by atoms with Crippen LogP contribution < -0.4 is 5.56 Å². The predicted molar refractivity (Wildman–Crippen MR) is 108 cm³/mol. The molecule has 3 rings (SSSR count). The first-order valence-corrected chi connectivity index (χ1v) is 8.97. The van der Waals surface area contributed by atoms with Crippen molar-refractivity contribution in [3.05, 3.63) is 80.7 Å². The summed E-state index contributed by atoms with van der Waals surface area (Å²) in [6.45, 7) is 5.80. The topological polar surface area (TPSA) is 42.2 Å². The van der Waals surface area contributed by atoms with Gasteiger partial charge in [-0.3, -0.25) is 9.36 Å². The first kappa shape index (κ1) is 18.6. The molecule has 0 bridgehead atoms. The lowest BCUT2D eigenvalue weighted by Crippen LogP contribution is -2.30. The summed E-state index contributed by atoms with van der Waals surface area (Å²) in [5.41, 5.74) is 0.928. The van der Waals surface area contributed by atoms with Crippen molar-refractivity contribution in [3.8, 4) is 22.6 Å². The number of nitrogens with zero attached hydrogens (tertiary/aromatic N) is 1. The number of pyridine rings is 1. The highest BCUT2D eigenvalue weighted by molar-refractivity contribution is 6.34. The Hall–Kier alpha value is -2.23. The number of benzene rings is 2. The lowest BCUT2D eigenvalue weighted by Gasteiger charge is -2.27. The van der Waals surface area contributed by atoms with E-state index in [1.807, 2.05) is 32.9 Å². The molecule has 0 aliphatic carbocycles. The van der Waals surface area contributed by atoms with Crippen LogP contribution in [0, 0.1) is 0 Å². The Labute approximate surface area is 162 Å². The molecule has 1 heterocycles. The highest BCUT2D eigenvalue weighted by Gasteiger charge is 2.30. The summed E-state index contributed by atoms with van der Waals surface area (Å²) in [4.78, 5) is 13.4. The van der Waals surface area contributed by atoms with Crippen LogP contribution in [0.1, 0.15) is 26.5 Å². The van der Waals surface area contributed by atoms with Gasteiger partial charge in [-0.25, -0.2) is 0 Å². The van der Waals surface area contributed by atoms with Gasteiger partial charge in [0.1, 0.15) is 10.8 Å². The normalized spacial score (nSPS) is 11.6. The summed E-state index contributed by atoms with van der Waals surface area (Å²) in [5, 5.41) is 11.3. The van der Waals surface area contributed by atoms with E-state index in [1.165, 1.54) is 4.57 Å². The second-order valence-corrected chi connectivity index (χ2v) is 7.88. The van der Waals surface area contributed by atoms with Crippen LogP contribution in [-0.4, -0.2) is 9.67 Å². The number of para-hydroxylation sites is 1. The summed E-state index contributed by atoms with van der Waals surface area (Å²) in [6, 6.07) is 16.1. The molecule has 0 unspecified atom stereocenters. The van der Waals surface area contributed by atoms with E-state index in [0.29, 0.717) is 22.0 Å². The van der Waals surface area contributed by atoms with Crippen molar-refractivity contribution in [3.63, 3.8) is 0 Å². The van der Waals surface area contributed by atoms with Crippen LogP contribution in [-0.2, 0) is 5.41 Å². The van der Waals surface area contributed by atoms with Gasteiger partial charge in [0, 0.05) is 5.41 Å². The molecule has 1 aromatic heterocycles. The molecule has 0 radical (unpaired) electrons. The molecule has 2 aromatic carbocycles. The van der Waals surface area contributed by atoms with E-state index < -0.39 is 5.41 Å². The van der Waals surface area contributed by atoms with Gasteiger partial charge in [-0.15, -0.1) is 0 Å². The van der Waals surface area contributed by atoms with Crippen LogP contribution in [0.2, 0.25) is 10.0 Å². The summed E-state index contributed by atoms with van der Waals surface area (Å²) < 4.78 is 1.51. The maximum absolute atomic E-state index is 13.4. The van der Waals surface area contributed by atoms with E-state index >= 15 is 0 Å². The van der Waals surface area contributed by atoms with Gasteiger partial charge in [-0.2, -0.15) is 0 Å². The minimum Gasteiger partial charge on any atom is -0.505 e. The molecule has 0 aliphatic rings. The number of halogens is 2. The third-order valence-corrected chi connectivity index (χ3v) is 4.84. The molecule has 0 fully saturated rings. The van der Waals surface area contributed by atoms with Crippen molar-refractivity contribution in [1.82, 2.24) is 4.57 Å². The van der Waals surface area contributed by atoms with Crippen molar-refractivity contribution in [2.24, 2.45) is 0 Å². The van der Waals surface area contributed by atoms with Crippen LogP contribution in [0.4, 0.5) is 0 Å². The lowest BCUT2D eigenvalue weighted by atomic mass is 9.89.